The Morgan fingerprint density at radius 3 is 3.23 bits per heavy atom. The molecule has 0 spiro atoms. The number of aromatic nitrogens is 4. The lowest BCUT2D eigenvalue weighted by Gasteiger charge is -1.88. The van der Waals surface area contributed by atoms with Crippen molar-refractivity contribution in [2.24, 2.45) is 5.16 Å². The highest BCUT2D eigenvalue weighted by molar-refractivity contribution is 5.90. The Labute approximate surface area is 69.9 Å². The molecule has 0 saturated heterocycles. The summed E-state index contributed by atoms with van der Waals surface area (Å²) >= 11 is 0. The van der Waals surface area contributed by atoms with Crippen LogP contribution in [0.25, 0.3) is 11.2 Å². The molecule has 0 saturated carbocycles. The first-order chi connectivity index (χ1) is 6.31. The monoisotopic (exact) mass is 181 g/mol. The van der Waals surface area contributed by atoms with Crippen LogP contribution in [0.5, 0.6) is 0 Å². The van der Waals surface area contributed by atoms with Gasteiger partial charge in [0, 0.05) is 5.27 Å². The van der Waals surface area contributed by atoms with Gasteiger partial charge in [-0.05, 0) is 0 Å². The van der Waals surface area contributed by atoms with Crippen molar-refractivity contribution in [2.45, 2.75) is 0 Å². The second-order valence-corrected chi connectivity index (χ2v) is 2.13. The minimum atomic E-state index is -0.624. The third-order valence-electron chi connectivity index (χ3n) is 1.36. The molecule has 13 heavy (non-hydrogen) atoms. The molecule has 2 heterocycles. The fourth-order valence-electron chi connectivity index (χ4n) is 0.874. The van der Waals surface area contributed by atoms with E-state index >= 15 is 0 Å². The van der Waals surface area contributed by atoms with Crippen LogP contribution in [0.4, 0.5) is 0 Å². The molecular weight excluding hydrogens is 178 g/mol. The summed E-state index contributed by atoms with van der Waals surface area (Å²) in [7, 11) is 0. The Hall–Kier alpha value is -2.25. The average molecular weight is 181 g/mol. The molecule has 8 nitrogen and oxygen atoms in total. The van der Waals surface area contributed by atoms with Crippen LogP contribution in [0.1, 0.15) is 5.69 Å². The second-order valence-electron chi connectivity index (χ2n) is 2.13. The first-order valence-electron chi connectivity index (χ1n) is 3.21. The lowest BCUT2D eigenvalue weighted by Crippen LogP contribution is -2.12. The van der Waals surface area contributed by atoms with E-state index < -0.39 is 5.69 Å². The average Bonchev–Trinajstić information content (AvgIpc) is 2.52. The Bertz CT molecular complexity index is 512. The molecule has 0 aliphatic heterocycles. The summed E-state index contributed by atoms with van der Waals surface area (Å²) in [6.07, 6.45) is 1.01. The smallest absolute Gasteiger partial charge is 0.348 e. The molecule has 0 amide bonds. The van der Waals surface area contributed by atoms with Gasteiger partial charge in [0.15, 0.2) is 5.52 Å². The van der Waals surface area contributed by atoms with Gasteiger partial charge >= 0.3 is 5.69 Å². The number of hydrogen-bond acceptors (Lipinski definition) is 7. The summed E-state index contributed by atoms with van der Waals surface area (Å²) in [6, 6.07) is 0. The van der Waals surface area contributed by atoms with Crippen LogP contribution in [0, 0.1) is 0 Å². The van der Waals surface area contributed by atoms with Crippen LogP contribution in [-0.4, -0.2) is 31.8 Å². The van der Waals surface area contributed by atoms with Crippen molar-refractivity contribution < 1.29 is 9.73 Å². The van der Waals surface area contributed by atoms with Crippen molar-refractivity contribution >= 4 is 17.4 Å². The summed E-state index contributed by atoms with van der Waals surface area (Å²) in [5, 5.41) is 17.7. The number of nitrogens with zero attached hydrogens (tertiary/aromatic N) is 4. The zero-order valence-corrected chi connectivity index (χ0v) is 6.13. The molecule has 0 bridgehead atoms. The molecule has 8 heteroatoms. The normalized spacial score (nSPS) is 11.4. The third-order valence-corrected chi connectivity index (χ3v) is 1.36. The fraction of sp³-hybridized carbons (Fsp3) is 0. The zero-order chi connectivity index (χ0) is 9.26. The van der Waals surface area contributed by atoms with E-state index in [1.165, 1.54) is 0 Å². The number of oxime groups is 1. The van der Waals surface area contributed by atoms with E-state index in [1.807, 2.05) is 0 Å². The second kappa shape index (κ2) is 2.66. The molecule has 0 radical (unpaired) electrons. The molecule has 0 aliphatic carbocycles. The molecule has 0 aliphatic rings. The van der Waals surface area contributed by atoms with Crippen molar-refractivity contribution in [3.05, 3.63) is 16.2 Å². The molecule has 66 valence electrons. The Morgan fingerprint density at radius 1 is 1.62 bits per heavy atom. The van der Waals surface area contributed by atoms with E-state index in [9.17, 15) is 4.79 Å². The van der Waals surface area contributed by atoms with Crippen molar-refractivity contribution in [1.82, 2.24) is 20.3 Å². The van der Waals surface area contributed by atoms with E-state index in [2.05, 4.69) is 30.0 Å². The van der Waals surface area contributed by atoms with Crippen molar-refractivity contribution in [3.63, 3.8) is 0 Å². The molecule has 0 atom stereocenters. The maximum absolute atomic E-state index is 10.9. The van der Waals surface area contributed by atoms with Gasteiger partial charge in [-0.25, -0.2) is 4.79 Å². The van der Waals surface area contributed by atoms with E-state index in [-0.39, 0.29) is 16.9 Å². The first kappa shape index (κ1) is 7.40. The Balaban J connectivity index is 2.84. The highest BCUT2D eigenvalue weighted by Crippen LogP contribution is 2.05. The lowest BCUT2D eigenvalue weighted by molar-refractivity contribution is 0.321. The molecule has 0 aromatic carbocycles. The summed E-state index contributed by atoms with van der Waals surface area (Å²) in [5.41, 5.74) is -0.198. The number of rotatable bonds is 1. The van der Waals surface area contributed by atoms with Gasteiger partial charge in [0.25, 0.3) is 5.71 Å². The molecule has 2 aromatic heterocycles. The van der Waals surface area contributed by atoms with Crippen LogP contribution in [0.3, 0.4) is 0 Å². The van der Waals surface area contributed by atoms with Gasteiger partial charge in [-0.3, -0.25) is 0 Å². The molecular formula is C5H3N5O3. The third kappa shape index (κ3) is 1.13. The molecule has 2 N–H and O–H groups in total. The summed E-state index contributed by atoms with van der Waals surface area (Å²) in [5.74, 6) is 0. The van der Waals surface area contributed by atoms with Crippen LogP contribution in [0.15, 0.2) is 14.5 Å². The number of fused-ring (bicyclic) bond motifs is 1. The van der Waals surface area contributed by atoms with Gasteiger partial charge in [-0.15, -0.1) is 5.10 Å². The fourth-order valence-corrected chi connectivity index (χ4v) is 0.874. The number of aromatic amines is 1. The Kier molecular flexibility index (Phi) is 1.51. The predicted molar refractivity (Wildman–Crippen MR) is 39.6 cm³/mol. The Morgan fingerprint density at radius 2 is 2.46 bits per heavy atom. The summed E-state index contributed by atoms with van der Waals surface area (Å²) in [6.45, 7) is 0. The molecule has 0 unspecified atom stereocenters. The minimum Gasteiger partial charge on any atom is -0.411 e. The number of H-pyrrole nitrogens is 1. The van der Waals surface area contributed by atoms with Gasteiger partial charge in [-0.1, -0.05) is 5.16 Å². The van der Waals surface area contributed by atoms with Crippen molar-refractivity contribution in [2.75, 3.05) is 0 Å². The van der Waals surface area contributed by atoms with Gasteiger partial charge in [0.2, 0.25) is 0 Å². The quantitative estimate of drug-likeness (QED) is 0.335. The predicted octanol–water partition coefficient (Wildman–Crippen LogP) is -0.886. The zero-order valence-electron chi connectivity index (χ0n) is 6.13. The molecule has 2 aromatic rings. The SMILES string of the molecule is O=c1nc2onnc2c(C=NO)[nH]1. The minimum absolute atomic E-state index is 0.00125. The van der Waals surface area contributed by atoms with Gasteiger partial charge in [-0.2, -0.15) is 4.98 Å². The maximum Gasteiger partial charge on any atom is 0.348 e. The van der Waals surface area contributed by atoms with Crippen LogP contribution in [0.2, 0.25) is 0 Å². The van der Waals surface area contributed by atoms with E-state index in [4.69, 9.17) is 5.21 Å². The van der Waals surface area contributed by atoms with E-state index in [0.717, 1.165) is 6.21 Å². The number of nitrogens with one attached hydrogen (secondary N) is 1. The highest BCUT2D eigenvalue weighted by atomic mass is 16.5. The lowest BCUT2D eigenvalue weighted by atomic mass is 10.4. The summed E-state index contributed by atoms with van der Waals surface area (Å²) < 4.78 is 4.55. The molecule has 2 rings (SSSR count). The standard InChI is InChI=1S/C5H3N5O3/c11-5-7-2(1-6-12)3-4(8-5)13-10-9-3/h1,12H,(H,7,8,11). The van der Waals surface area contributed by atoms with Crippen LogP contribution in [-0.2, 0) is 0 Å². The largest absolute Gasteiger partial charge is 0.411 e. The topological polar surface area (TPSA) is 117 Å². The van der Waals surface area contributed by atoms with Gasteiger partial charge < -0.3 is 14.7 Å². The van der Waals surface area contributed by atoms with Crippen molar-refractivity contribution in [3.8, 4) is 0 Å². The van der Waals surface area contributed by atoms with E-state index in [0.29, 0.717) is 0 Å². The first-order valence-corrected chi connectivity index (χ1v) is 3.21. The van der Waals surface area contributed by atoms with Gasteiger partial charge in [0.05, 0.1) is 11.9 Å². The maximum atomic E-state index is 10.9. The molecule has 0 fully saturated rings. The van der Waals surface area contributed by atoms with Crippen molar-refractivity contribution in [1.29, 1.82) is 0 Å². The van der Waals surface area contributed by atoms with Crippen LogP contribution < -0.4 is 5.69 Å². The van der Waals surface area contributed by atoms with E-state index in [1.54, 1.807) is 0 Å². The number of hydrogen-bond donors (Lipinski definition) is 2. The summed E-state index contributed by atoms with van der Waals surface area (Å²) in [4.78, 5) is 16.6. The van der Waals surface area contributed by atoms with Gasteiger partial charge in [0.1, 0.15) is 0 Å². The highest BCUT2D eigenvalue weighted by Gasteiger charge is 2.08. The van der Waals surface area contributed by atoms with Crippen LogP contribution >= 0.6 is 0 Å².